The zero-order valence-corrected chi connectivity index (χ0v) is 17.4. The maximum atomic E-state index is 13.5. The van der Waals surface area contributed by atoms with Gasteiger partial charge in [-0.25, -0.2) is 18.0 Å². The molecule has 0 spiro atoms. The Labute approximate surface area is 170 Å². The molecule has 2 aromatic carbocycles. The molecular weight excluding hydrogens is 437 g/mol. The molecule has 28 heavy (non-hydrogen) atoms. The van der Waals surface area contributed by atoms with Gasteiger partial charge in [-0.2, -0.15) is 0 Å². The number of anilines is 1. The van der Waals surface area contributed by atoms with Gasteiger partial charge in [0.15, 0.2) is 17.5 Å². The van der Waals surface area contributed by atoms with Crippen LogP contribution in [0.15, 0.2) is 34.8 Å². The molecule has 0 saturated carbocycles. The van der Waals surface area contributed by atoms with Crippen LogP contribution < -0.4 is 15.4 Å². The highest BCUT2D eigenvalue weighted by Crippen LogP contribution is 2.31. The smallest absolute Gasteiger partial charge is 0.319 e. The maximum absolute atomic E-state index is 13.5. The van der Waals surface area contributed by atoms with Crippen LogP contribution in [0.25, 0.3) is 0 Å². The highest BCUT2D eigenvalue weighted by molar-refractivity contribution is 9.10. The zero-order chi connectivity index (χ0) is 20.9. The molecule has 2 amide bonds. The molecule has 0 aliphatic carbocycles. The molecule has 8 heteroatoms. The first-order valence-corrected chi connectivity index (χ1v) is 9.50. The highest BCUT2D eigenvalue weighted by Gasteiger charge is 2.16. The van der Waals surface area contributed by atoms with Gasteiger partial charge in [-0.05, 0) is 57.6 Å². The third-order valence-electron chi connectivity index (χ3n) is 3.95. The Kier molecular flexibility index (Phi) is 7.35. The van der Waals surface area contributed by atoms with Crippen LogP contribution in [0, 0.1) is 17.5 Å². The number of carbonyl (C=O) groups excluding carboxylic acids is 1. The molecule has 2 rings (SSSR count). The lowest BCUT2D eigenvalue weighted by Gasteiger charge is -2.20. The molecule has 0 aliphatic heterocycles. The largest absolute Gasteiger partial charge is 0.492 e. The van der Waals surface area contributed by atoms with Crippen LogP contribution in [-0.4, -0.2) is 19.2 Å². The summed E-state index contributed by atoms with van der Waals surface area (Å²) in [6.07, 6.45) is 0.501. The van der Waals surface area contributed by atoms with Crippen LogP contribution in [0.5, 0.6) is 5.75 Å². The van der Waals surface area contributed by atoms with Crippen molar-refractivity contribution in [3.8, 4) is 5.75 Å². The van der Waals surface area contributed by atoms with E-state index >= 15 is 0 Å². The summed E-state index contributed by atoms with van der Waals surface area (Å²) in [6, 6.07) is 6.87. The number of halogens is 4. The van der Waals surface area contributed by atoms with Gasteiger partial charge < -0.3 is 15.4 Å². The fourth-order valence-corrected chi connectivity index (χ4v) is 2.82. The second kappa shape index (κ2) is 9.32. The first kappa shape index (κ1) is 22.1. The van der Waals surface area contributed by atoms with Crippen LogP contribution >= 0.6 is 15.9 Å². The third kappa shape index (κ3) is 5.89. The van der Waals surface area contributed by atoms with Crippen LogP contribution in [0.4, 0.5) is 23.7 Å². The number of urea groups is 1. The molecule has 0 fully saturated rings. The highest BCUT2D eigenvalue weighted by atomic mass is 79.9. The minimum Gasteiger partial charge on any atom is -0.492 e. The van der Waals surface area contributed by atoms with Crippen molar-refractivity contribution in [3.05, 3.63) is 57.8 Å². The first-order valence-electron chi connectivity index (χ1n) is 8.71. The number of carbonyl (C=O) groups is 1. The van der Waals surface area contributed by atoms with Gasteiger partial charge in [0.05, 0.1) is 16.8 Å². The van der Waals surface area contributed by atoms with Gasteiger partial charge in [0.25, 0.3) is 0 Å². The van der Waals surface area contributed by atoms with Crippen molar-refractivity contribution in [2.24, 2.45) is 0 Å². The molecule has 0 heterocycles. The molecule has 0 atom stereocenters. The predicted octanol–water partition coefficient (Wildman–Crippen LogP) is 5.75. The van der Waals surface area contributed by atoms with E-state index in [0.717, 1.165) is 16.6 Å². The monoisotopic (exact) mass is 458 g/mol. The van der Waals surface area contributed by atoms with E-state index in [2.05, 4.69) is 47.3 Å². The summed E-state index contributed by atoms with van der Waals surface area (Å²) in [6.45, 7) is 6.98. The lowest BCUT2D eigenvalue weighted by Crippen LogP contribution is -2.30. The second-order valence-corrected chi connectivity index (χ2v) is 8.06. The molecule has 2 aromatic rings. The van der Waals surface area contributed by atoms with Gasteiger partial charge in [-0.1, -0.05) is 26.8 Å². The lowest BCUT2D eigenvalue weighted by molar-refractivity contribution is 0.250. The summed E-state index contributed by atoms with van der Waals surface area (Å²) in [5, 5.41) is 4.63. The number of hydrogen-bond donors (Lipinski definition) is 2. The molecule has 0 bridgehead atoms. The van der Waals surface area contributed by atoms with E-state index in [0.29, 0.717) is 18.8 Å². The number of benzene rings is 2. The minimum absolute atomic E-state index is 0.0330. The van der Waals surface area contributed by atoms with Gasteiger partial charge in [-0.15, -0.1) is 0 Å². The minimum atomic E-state index is -1.63. The van der Waals surface area contributed by atoms with E-state index in [1.165, 1.54) is 5.56 Å². The van der Waals surface area contributed by atoms with Crippen LogP contribution in [-0.2, 0) is 5.41 Å². The molecular formula is C20H22BrF3N2O2. The summed E-state index contributed by atoms with van der Waals surface area (Å²) in [5.74, 6) is -3.69. The molecule has 0 unspecified atom stereocenters. The SMILES string of the molecule is CC(C)(C)c1ccc(OCCCNC(=O)Nc2ccc(F)c(F)c2F)c(Br)c1. The molecule has 152 valence electrons. The van der Waals surface area contributed by atoms with E-state index in [1.54, 1.807) is 0 Å². The van der Waals surface area contributed by atoms with Crippen molar-refractivity contribution < 1.29 is 22.7 Å². The number of rotatable bonds is 6. The number of hydrogen-bond acceptors (Lipinski definition) is 2. The number of nitrogens with one attached hydrogen (secondary N) is 2. The molecule has 0 radical (unpaired) electrons. The van der Waals surface area contributed by atoms with Gasteiger partial charge in [0.1, 0.15) is 5.75 Å². The van der Waals surface area contributed by atoms with E-state index in [1.807, 2.05) is 18.2 Å². The predicted molar refractivity (Wildman–Crippen MR) is 106 cm³/mol. The Morgan fingerprint density at radius 2 is 1.82 bits per heavy atom. The quantitative estimate of drug-likeness (QED) is 0.427. The van der Waals surface area contributed by atoms with E-state index in [-0.39, 0.29) is 12.0 Å². The molecule has 4 nitrogen and oxygen atoms in total. The van der Waals surface area contributed by atoms with Crippen molar-refractivity contribution in [1.82, 2.24) is 5.32 Å². The summed E-state index contributed by atoms with van der Waals surface area (Å²) >= 11 is 3.49. The first-order chi connectivity index (χ1) is 13.1. The Morgan fingerprint density at radius 1 is 1.11 bits per heavy atom. The van der Waals surface area contributed by atoms with Crippen molar-refractivity contribution in [3.63, 3.8) is 0 Å². The Hall–Kier alpha value is -2.22. The van der Waals surface area contributed by atoms with E-state index < -0.39 is 29.2 Å². The van der Waals surface area contributed by atoms with E-state index in [9.17, 15) is 18.0 Å². The Morgan fingerprint density at radius 3 is 2.46 bits per heavy atom. The normalized spacial score (nSPS) is 11.2. The summed E-state index contributed by atoms with van der Waals surface area (Å²) < 4.78 is 46.0. The van der Waals surface area contributed by atoms with Crippen molar-refractivity contribution >= 4 is 27.6 Å². The van der Waals surface area contributed by atoms with E-state index in [4.69, 9.17) is 4.74 Å². The Balaban J connectivity index is 1.76. The Bertz CT molecular complexity index is 854. The zero-order valence-electron chi connectivity index (χ0n) is 15.8. The van der Waals surface area contributed by atoms with Crippen molar-refractivity contribution in [2.75, 3.05) is 18.5 Å². The standard InChI is InChI=1S/C20H22BrF3N2O2/c1-20(2,3)12-5-8-16(13(21)11-12)28-10-4-9-25-19(27)26-15-7-6-14(22)17(23)18(15)24/h5-8,11H,4,9-10H2,1-3H3,(H2,25,26,27). The fourth-order valence-electron chi connectivity index (χ4n) is 2.33. The van der Waals surface area contributed by atoms with Gasteiger partial charge in [-0.3, -0.25) is 0 Å². The molecule has 2 N–H and O–H groups in total. The molecule has 0 aromatic heterocycles. The summed E-state index contributed by atoms with van der Waals surface area (Å²) in [7, 11) is 0. The van der Waals surface area contributed by atoms with Gasteiger partial charge in [0, 0.05) is 6.54 Å². The number of ether oxygens (including phenoxy) is 1. The van der Waals surface area contributed by atoms with Crippen LogP contribution in [0.3, 0.4) is 0 Å². The average molecular weight is 459 g/mol. The summed E-state index contributed by atoms with van der Waals surface area (Å²) in [5.41, 5.74) is 0.774. The number of amides is 2. The van der Waals surface area contributed by atoms with Gasteiger partial charge >= 0.3 is 6.03 Å². The molecule has 0 aliphatic rings. The summed E-state index contributed by atoms with van der Waals surface area (Å²) in [4.78, 5) is 11.7. The lowest BCUT2D eigenvalue weighted by atomic mass is 9.87. The maximum Gasteiger partial charge on any atom is 0.319 e. The van der Waals surface area contributed by atoms with Crippen LogP contribution in [0.1, 0.15) is 32.8 Å². The average Bonchev–Trinajstić information content (AvgIpc) is 2.62. The topological polar surface area (TPSA) is 50.4 Å². The van der Waals surface area contributed by atoms with Crippen molar-refractivity contribution in [1.29, 1.82) is 0 Å². The third-order valence-corrected chi connectivity index (χ3v) is 4.57. The van der Waals surface area contributed by atoms with Gasteiger partial charge in [0.2, 0.25) is 0 Å². The van der Waals surface area contributed by atoms with Crippen molar-refractivity contribution in [2.45, 2.75) is 32.6 Å². The molecule has 0 saturated heterocycles. The van der Waals surface area contributed by atoms with Crippen LogP contribution in [0.2, 0.25) is 0 Å². The second-order valence-electron chi connectivity index (χ2n) is 7.20. The fraction of sp³-hybridized carbons (Fsp3) is 0.350.